The van der Waals surface area contributed by atoms with Crippen LogP contribution in [0.3, 0.4) is 0 Å². The van der Waals surface area contributed by atoms with E-state index in [1.165, 1.54) is 0 Å². The number of nitrogens with one attached hydrogen (secondary N) is 1. The third kappa shape index (κ3) is 4.66. The Balaban J connectivity index is 1.77. The van der Waals surface area contributed by atoms with Gasteiger partial charge in [0, 0.05) is 19.1 Å². The number of amides is 1. The summed E-state index contributed by atoms with van der Waals surface area (Å²) in [6.07, 6.45) is 2.97. The maximum absolute atomic E-state index is 12.0. The minimum absolute atomic E-state index is 0.180. The Labute approximate surface area is 115 Å². The molecule has 2 fully saturated rings. The fraction of sp³-hybridized carbons (Fsp3) is 0.929. The summed E-state index contributed by atoms with van der Waals surface area (Å²) in [5, 5.41) is 3.60. The molecule has 0 bridgehead atoms. The Hall–Kier alpha value is -0.810. The van der Waals surface area contributed by atoms with Gasteiger partial charge < -0.3 is 19.7 Å². The lowest BCUT2D eigenvalue weighted by Crippen LogP contribution is -2.50. The molecule has 19 heavy (non-hydrogen) atoms. The molecule has 5 heteroatoms. The summed E-state index contributed by atoms with van der Waals surface area (Å²) < 4.78 is 10.6. The molecule has 0 aromatic rings. The third-order valence-corrected chi connectivity index (χ3v) is 3.49. The van der Waals surface area contributed by atoms with Gasteiger partial charge in [-0.25, -0.2) is 4.79 Å². The molecule has 0 saturated carbocycles. The summed E-state index contributed by atoms with van der Waals surface area (Å²) in [6.45, 7) is 8.95. The van der Waals surface area contributed by atoms with E-state index < -0.39 is 5.60 Å². The van der Waals surface area contributed by atoms with Gasteiger partial charge >= 0.3 is 6.09 Å². The van der Waals surface area contributed by atoms with Crippen LogP contribution in [0.5, 0.6) is 0 Å². The highest BCUT2D eigenvalue weighted by atomic mass is 16.6. The normalized spacial score (nSPS) is 25.6. The first-order chi connectivity index (χ1) is 8.94. The summed E-state index contributed by atoms with van der Waals surface area (Å²) >= 11 is 0. The lowest BCUT2D eigenvalue weighted by molar-refractivity contribution is -0.0108. The van der Waals surface area contributed by atoms with Crippen LogP contribution >= 0.6 is 0 Å². The minimum Gasteiger partial charge on any atom is -0.444 e. The molecular weight excluding hydrogens is 244 g/mol. The van der Waals surface area contributed by atoms with Crippen LogP contribution in [0.4, 0.5) is 4.79 Å². The van der Waals surface area contributed by atoms with Crippen LogP contribution in [0.25, 0.3) is 0 Å². The smallest absolute Gasteiger partial charge is 0.410 e. The number of likely N-dealkylation sites (tertiary alicyclic amines) is 1. The minimum atomic E-state index is -0.412. The third-order valence-electron chi connectivity index (χ3n) is 3.49. The van der Waals surface area contributed by atoms with E-state index in [4.69, 9.17) is 9.47 Å². The zero-order chi connectivity index (χ0) is 13.9. The molecule has 5 nitrogen and oxygen atoms in total. The van der Waals surface area contributed by atoms with E-state index in [9.17, 15) is 4.79 Å². The maximum atomic E-state index is 12.0. The van der Waals surface area contributed by atoms with Crippen molar-refractivity contribution in [3.63, 3.8) is 0 Å². The topological polar surface area (TPSA) is 50.8 Å². The van der Waals surface area contributed by atoms with Crippen molar-refractivity contribution in [2.45, 2.75) is 57.7 Å². The largest absolute Gasteiger partial charge is 0.444 e. The molecule has 0 aliphatic carbocycles. The van der Waals surface area contributed by atoms with Gasteiger partial charge in [-0.1, -0.05) is 0 Å². The molecule has 1 atom stereocenters. The SMILES string of the molecule is CC(C)(C)OC(=O)N1CCCC(NC2COC2)CC1. The Kier molecular flexibility index (Phi) is 4.68. The number of rotatable bonds is 2. The zero-order valence-corrected chi connectivity index (χ0v) is 12.3. The van der Waals surface area contributed by atoms with Crippen LogP contribution in [-0.4, -0.2) is 55.0 Å². The average molecular weight is 270 g/mol. The van der Waals surface area contributed by atoms with Crippen molar-refractivity contribution < 1.29 is 14.3 Å². The molecule has 110 valence electrons. The molecule has 2 rings (SSSR count). The lowest BCUT2D eigenvalue weighted by Gasteiger charge is -2.31. The van der Waals surface area contributed by atoms with Crippen molar-refractivity contribution in [3.05, 3.63) is 0 Å². The van der Waals surface area contributed by atoms with Crippen molar-refractivity contribution >= 4 is 6.09 Å². The van der Waals surface area contributed by atoms with Crippen LogP contribution < -0.4 is 5.32 Å². The highest BCUT2D eigenvalue weighted by Crippen LogP contribution is 2.16. The lowest BCUT2D eigenvalue weighted by atomic mass is 10.1. The van der Waals surface area contributed by atoms with Crippen LogP contribution in [0.2, 0.25) is 0 Å². The summed E-state index contributed by atoms with van der Waals surface area (Å²) in [7, 11) is 0. The van der Waals surface area contributed by atoms with E-state index in [-0.39, 0.29) is 6.09 Å². The second kappa shape index (κ2) is 6.09. The van der Waals surface area contributed by atoms with Gasteiger partial charge in [-0.3, -0.25) is 0 Å². The Morgan fingerprint density at radius 1 is 1.21 bits per heavy atom. The molecule has 0 radical (unpaired) electrons. The van der Waals surface area contributed by atoms with Gasteiger partial charge in [-0.05, 0) is 40.0 Å². The van der Waals surface area contributed by atoms with Gasteiger partial charge in [0.2, 0.25) is 0 Å². The summed E-state index contributed by atoms with van der Waals surface area (Å²) in [4.78, 5) is 13.9. The first-order valence-corrected chi connectivity index (χ1v) is 7.26. The molecule has 2 heterocycles. The van der Waals surface area contributed by atoms with Gasteiger partial charge in [0.05, 0.1) is 19.3 Å². The Bertz CT molecular complexity index is 310. The van der Waals surface area contributed by atoms with E-state index in [0.29, 0.717) is 12.1 Å². The van der Waals surface area contributed by atoms with E-state index in [0.717, 1.165) is 45.6 Å². The number of carbonyl (C=O) groups is 1. The van der Waals surface area contributed by atoms with E-state index in [1.54, 1.807) is 0 Å². The van der Waals surface area contributed by atoms with Gasteiger partial charge in [0.25, 0.3) is 0 Å². The van der Waals surface area contributed by atoms with Gasteiger partial charge in [-0.15, -0.1) is 0 Å². The number of ether oxygens (including phenoxy) is 2. The van der Waals surface area contributed by atoms with Gasteiger partial charge in [-0.2, -0.15) is 0 Å². The number of carbonyl (C=O) groups excluding carboxylic acids is 1. The Morgan fingerprint density at radius 2 is 1.95 bits per heavy atom. The maximum Gasteiger partial charge on any atom is 0.410 e. The second-order valence-corrected chi connectivity index (χ2v) is 6.50. The quantitative estimate of drug-likeness (QED) is 0.831. The van der Waals surface area contributed by atoms with Crippen molar-refractivity contribution in [1.29, 1.82) is 0 Å². The molecule has 0 aromatic carbocycles. The molecule has 1 amide bonds. The standard InChI is InChI=1S/C14H26N2O3/c1-14(2,3)19-13(17)16-7-4-5-11(6-8-16)15-12-9-18-10-12/h11-12,15H,4-10H2,1-3H3. The fourth-order valence-electron chi connectivity index (χ4n) is 2.44. The highest BCUT2D eigenvalue weighted by Gasteiger charge is 2.27. The van der Waals surface area contributed by atoms with Crippen molar-refractivity contribution in [2.75, 3.05) is 26.3 Å². The number of nitrogens with zero attached hydrogens (tertiary/aromatic N) is 1. The van der Waals surface area contributed by atoms with E-state index in [1.807, 2.05) is 25.7 Å². The first kappa shape index (κ1) is 14.6. The van der Waals surface area contributed by atoms with Crippen LogP contribution in [-0.2, 0) is 9.47 Å². The van der Waals surface area contributed by atoms with Gasteiger partial charge in [0.1, 0.15) is 5.60 Å². The van der Waals surface area contributed by atoms with Crippen molar-refractivity contribution in [2.24, 2.45) is 0 Å². The summed E-state index contributed by atoms with van der Waals surface area (Å²) in [6, 6.07) is 1.01. The van der Waals surface area contributed by atoms with E-state index in [2.05, 4.69) is 5.32 Å². The summed E-state index contributed by atoms with van der Waals surface area (Å²) in [5.41, 5.74) is -0.412. The Morgan fingerprint density at radius 3 is 2.53 bits per heavy atom. The molecule has 2 aliphatic rings. The first-order valence-electron chi connectivity index (χ1n) is 7.26. The molecule has 0 aromatic heterocycles. The molecule has 1 unspecified atom stereocenters. The highest BCUT2D eigenvalue weighted by molar-refractivity contribution is 5.68. The number of hydrogen-bond acceptors (Lipinski definition) is 4. The fourth-order valence-corrected chi connectivity index (χ4v) is 2.44. The van der Waals surface area contributed by atoms with Gasteiger partial charge in [0.15, 0.2) is 0 Å². The monoisotopic (exact) mass is 270 g/mol. The predicted octanol–water partition coefficient (Wildman–Crippen LogP) is 1.76. The molecule has 0 spiro atoms. The predicted molar refractivity (Wildman–Crippen MR) is 73.2 cm³/mol. The van der Waals surface area contributed by atoms with E-state index >= 15 is 0 Å². The molecular formula is C14H26N2O3. The van der Waals surface area contributed by atoms with Crippen molar-refractivity contribution in [1.82, 2.24) is 10.2 Å². The molecule has 2 saturated heterocycles. The zero-order valence-electron chi connectivity index (χ0n) is 12.3. The van der Waals surface area contributed by atoms with Crippen LogP contribution in [0.15, 0.2) is 0 Å². The second-order valence-electron chi connectivity index (χ2n) is 6.50. The number of hydrogen-bond donors (Lipinski definition) is 1. The van der Waals surface area contributed by atoms with Crippen LogP contribution in [0.1, 0.15) is 40.0 Å². The molecule has 2 aliphatic heterocycles. The molecule has 1 N–H and O–H groups in total. The van der Waals surface area contributed by atoms with Crippen molar-refractivity contribution in [3.8, 4) is 0 Å². The summed E-state index contributed by atoms with van der Waals surface area (Å²) in [5.74, 6) is 0. The van der Waals surface area contributed by atoms with Crippen LogP contribution in [0, 0.1) is 0 Å². The average Bonchev–Trinajstić information content (AvgIpc) is 2.46.